The third kappa shape index (κ3) is 5.36. The second-order valence-electron chi connectivity index (χ2n) is 5.58. The summed E-state index contributed by atoms with van der Waals surface area (Å²) in [6.07, 6.45) is 1.87. The van der Waals surface area contributed by atoms with Gasteiger partial charge in [-0.2, -0.15) is 5.26 Å². The van der Waals surface area contributed by atoms with Gasteiger partial charge in [0, 0.05) is 37.1 Å². The van der Waals surface area contributed by atoms with Crippen molar-refractivity contribution in [2.24, 2.45) is 0 Å². The minimum atomic E-state index is -0.143. The largest absolute Gasteiger partial charge is 0.341 e. The van der Waals surface area contributed by atoms with Crippen molar-refractivity contribution in [1.29, 1.82) is 5.26 Å². The topological polar surface area (TPSA) is 64.4 Å². The summed E-state index contributed by atoms with van der Waals surface area (Å²) >= 11 is 3.43. The lowest BCUT2D eigenvalue weighted by Gasteiger charge is -2.21. The number of carbonyl (C=O) groups is 2. The summed E-state index contributed by atoms with van der Waals surface area (Å²) in [5.74, 6) is -0.0181. The standard InChI is InChI=1S/C17H20BrN3O2/c18-15-4-1-3-14(13-15)5-6-16(22)20-9-2-10-21(12-11-20)17(23)7-8-19/h1,3-4,13H,2,5-7,9-12H2. The predicted octanol–water partition coefficient (Wildman–Crippen LogP) is 2.36. The van der Waals surface area contributed by atoms with Gasteiger partial charge in [-0.1, -0.05) is 28.1 Å². The molecular weight excluding hydrogens is 358 g/mol. The first-order valence-corrected chi connectivity index (χ1v) is 8.56. The van der Waals surface area contributed by atoms with Crippen LogP contribution in [0.15, 0.2) is 28.7 Å². The molecule has 0 aromatic heterocycles. The fourth-order valence-electron chi connectivity index (χ4n) is 2.70. The van der Waals surface area contributed by atoms with Crippen molar-refractivity contribution in [2.75, 3.05) is 26.2 Å². The van der Waals surface area contributed by atoms with Gasteiger partial charge in [-0.25, -0.2) is 0 Å². The molecule has 6 heteroatoms. The fourth-order valence-corrected chi connectivity index (χ4v) is 3.14. The molecule has 1 saturated heterocycles. The van der Waals surface area contributed by atoms with Gasteiger partial charge in [-0.3, -0.25) is 9.59 Å². The van der Waals surface area contributed by atoms with Gasteiger partial charge < -0.3 is 9.80 Å². The molecule has 1 aromatic carbocycles. The van der Waals surface area contributed by atoms with Crippen molar-refractivity contribution in [1.82, 2.24) is 9.80 Å². The molecule has 0 N–H and O–H groups in total. The lowest BCUT2D eigenvalue weighted by atomic mass is 10.1. The van der Waals surface area contributed by atoms with Gasteiger partial charge in [0.2, 0.25) is 11.8 Å². The number of rotatable bonds is 4. The van der Waals surface area contributed by atoms with E-state index in [2.05, 4.69) is 15.9 Å². The first-order chi connectivity index (χ1) is 11.1. The summed E-state index contributed by atoms with van der Waals surface area (Å²) in [5.41, 5.74) is 1.13. The predicted molar refractivity (Wildman–Crippen MR) is 90.5 cm³/mol. The Kier molecular flexibility index (Phi) is 6.60. The molecule has 5 nitrogen and oxygen atoms in total. The van der Waals surface area contributed by atoms with E-state index >= 15 is 0 Å². The van der Waals surface area contributed by atoms with Gasteiger partial charge in [0.25, 0.3) is 0 Å². The van der Waals surface area contributed by atoms with Crippen LogP contribution >= 0.6 is 15.9 Å². The molecule has 0 bridgehead atoms. The minimum Gasteiger partial charge on any atom is -0.341 e. The number of amides is 2. The number of nitriles is 1. The van der Waals surface area contributed by atoms with E-state index in [0.29, 0.717) is 39.0 Å². The molecule has 2 rings (SSSR count). The van der Waals surface area contributed by atoms with E-state index in [0.717, 1.165) is 16.5 Å². The maximum Gasteiger partial charge on any atom is 0.236 e. The molecule has 0 radical (unpaired) electrons. The van der Waals surface area contributed by atoms with Crippen LogP contribution < -0.4 is 0 Å². The van der Waals surface area contributed by atoms with Crippen molar-refractivity contribution in [3.63, 3.8) is 0 Å². The van der Waals surface area contributed by atoms with Gasteiger partial charge in [0.15, 0.2) is 0 Å². The van der Waals surface area contributed by atoms with Crippen molar-refractivity contribution < 1.29 is 9.59 Å². The minimum absolute atomic E-state index is 0.0865. The molecular formula is C17H20BrN3O2. The highest BCUT2D eigenvalue weighted by molar-refractivity contribution is 9.10. The number of hydrogen-bond acceptors (Lipinski definition) is 3. The van der Waals surface area contributed by atoms with Crippen molar-refractivity contribution >= 4 is 27.7 Å². The molecule has 0 saturated carbocycles. The molecule has 1 heterocycles. The molecule has 122 valence electrons. The number of halogens is 1. The van der Waals surface area contributed by atoms with E-state index in [1.165, 1.54) is 0 Å². The molecule has 2 amide bonds. The van der Waals surface area contributed by atoms with Crippen LogP contribution in [0.25, 0.3) is 0 Å². The number of carbonyl (C=O) groups excluding carboxylic acids is 2. The number of benzene rings is 1. The molecule has 23 heavy (non-hydrogen) atoms. The Balaban J connectivity index is 1.83. The van der Waals surface area contributed by atoms with Crippen molar-refractivity contribution in [3.05, 3.63) is 34.3 Å². The Morgan fingerprint density at radius 3 is 2.48 bits per heavy atom. The van der Waals surface area contributed by atoms with E-state index in [9.17, 15) is 9.59 Å². The van der Waals surface area contributed by atoms with E-state index < -0.39 is 0 Å². The number of nitrogens with zero attached hydrogens (tertiary/aromatic N) is 3. The summed E-state index contributed by atoms with van der Waals surface area (Å²) in [6.45, 7) is 2.36. The fraction of sp³-hybridized carbons (Fsp3) is 0.471. The Labute approximate surface area is 145 Å². The normalized spacial score (nSPS) is 15.0. The van der Waals surface area contributed by atoms with Crippen LogP contribution in [0, 0.1) is 11.3 Å². The van der Waals surface area contributed by atoms with Crippen LogP contribution in [-0.2, 0) is 16.0 Å². The monoisotopic (exact) mass is 377 g/mol. The molecule has 1 aliphatic heterocycles. The van der Waals surface area contributed by atoms with Crippen LogP contribution in [0.1, 0.15) is 24.8 Å². The van der Waals surface area contributed by atoms with Crippen LogP contribution in [0.2, 0.25) is 0 Å². The van der Waals surface area contributed by atoms with E-state index in [4.69, 9.17) is 5.26 Å². The van der Waals surface area contributed by atoms with E-state index in [1.54, 1.807) is 4.90 Å². The van der Waals surface area contributed by atoms with Gasteiger partial charge in [0.1, 0.15) is 6.42 Å². The summed E-state index contributed by atoms with van der Waals surface area (Å²) in [7, 11) is 0. The van der Waals surface area contributed by atoms with Crippen molar-refractivity contribution in [2.45, 2.75) is 25.7 Å². The molecule has 0 aliphatic carbocycles. The van der Waals surface area contributed by atoms with Crippen LogP contribution in [-0.4, -0.2) is 47.8 Å². The van der Waals surface area contributed by atoms with Gasteiger partial charge in [-0.05, 0) is 30.5 Å². The zero-order chi connectivity index (χ0) is 16.7. The summed E-state index contributed by atoms with van der Waals surface area (Å²) < 4.78 is 1.02. The second kappa shape index (κ2) is 8.68. The number of hydrogen-bond donors (Lipinski definition) is 0. The van der Waals surface area contributed by atoms with Gasteiger partial charge in [0.05, 0.1) is 6.07 Å². The lowest BCUT2D eigenvalue weighted by molar-refractivity contribution is -0.133. The third-order valence-corrected chi connectivity index (χ3v) is 4.44. The highest BCUT2D eigenvalue weighted by Crippen LogP contribution is 2.14. The zero-order valence-corrected chi connectivity index (χ0v) is 14.6. The highest BCUT2D eigenvalue weighted by atomic mass is 79.9. The summed E-state index contributed by atoms with van der Waals surface area (Å²) in [4.78, 5) is 27.7. The van der Waals surface area contributed by atoms with Gasteiger partial charge in [-0.15, -0.1) is 0 Å². The third-order valence-electron chi connectivity index (χ3n) is 3.95. The Morgan fingerprint density at radius 2 is 1.83 bits per heavy atom. The van der Waals surface area contributed by atoms with Crippen LogP contribution in [0.3, 0.4) is 0 Å². The number of aryl methyl sites for hydroxylation is 1. The van der Waals surface area contributed by atoms with Crippen molar-refractivity contribution in [3.8, 4) is 6.07 Å². The zero-order valence-electron chi connectivity index (χ0n) is 13.0. The molecule has 0 atom stereocenters. The van der Waals surface area contributed by atoms with Crippen LogP contribution in [0.5, 0.6) is 0 Å². The SMILES string of the molecule is N#CCC(=O)N1CCCN(C(=O)CCc2cccc(Br)c2)CC1. The molecule has 0 spiro atoms. The maximum absolute atomic E-state index is 12.4. The Bertz CT molecular complexity index is 612. The molecule has 1 fully saturated rings. The smallest absolute Gasteiger partial charge is 0.236 e. The first kappa shape index (κ1) is 17.5. The molecule has 0 unspecified atom stereocenters. The van der Waals surface area contributed by atoms with Gasteiger partial charge >= 0.3 is 0 Å². The quantitative estimate of drug-likeness (QED) is 0.808. The molecule has 1 aromatic rings. The second-order valence-corrected chi connectivity index (χ2v) is 6.50. The summed E-state index contributed by atoms with van der Waals surface area (Å²) in [6, 6.07) is 9.86. The van der Waals surface area contributed by atoms with E-state index in [-0.39, 0.29) is 18.2 Å². The highest BCUT2D eigenvalue weighted by Gasteiger charge is 2.21. The maximum atomic E-state index is 12.4. The summed E-state index contributed by atoms with van der Waals surface area (Å²) in [5, 5.41) is 8.61. The average Bonchev–Trinajstić information content (AvgIpc) is 2.79. The van der Waals surface area contributed by atoms with E-state index in [1.807, 2.05) is 35.2 Å². The Morgan fingerprint density at radius 1 is 1.13 bits per heavy atom. The Hall–Kier alpha value is -1.87. The lowest BCUT2D eigenvalue weighted by Crippen LogP contribution is -2.37. The average molecular weight is 378 g/mol. The first-order valence-electron chi connectivity index (χ1n) is 7.77. The van der Waals surface area contributed by atoms with Crippen LogP contribution in [0.4, 0.5) is 0 Å². The molecule has 1 aliphatic rings.